The number of rotatable bonds is 15. The highest BCUT2D eigenvalue weighted by atomic mass is 32.2. The summed E-state index contributed by atoms with van der Waals surface area (Å²) in [6.07, 6.45) is 18.2. The number of nitriles is 2. The molecule has 0 saturated carbocycles. The predicted octanol–water partition coefficient (Wildman–Crippen LogP) is 6.59. The quantitative estimate of drug-likeness (QED) is 0.0550. The molecule has 0 aromatic carbocycles. The van der Waals surface area contributed by atoms with E-state index in [1.165, 1.54) is 47.8 Å². The van der Waals surface area contributed by atoms with Crippen molar-refractivity contribution >= 4 is 104 Å². The molecule has 0 bridgehead atoms. The van der Waals surface area contributed by atoms with Crippen LogP contribution in [0.1, 0.15) is 99.8 Å². The fraction of sp³-hybridized carbons (Fsp3) is 0.432. The summed E-state index contributed by atoms with van der Waals surface area (Å²) in [6, 6.07) is 3.30. The molecule has 0 unspecified atom stereocenters. The molecule has 0 spiro atoms. The first-order valence-electron chi connectivity index (χ1n) is 20.1. The van der Waals surface area contributed by atoms with E-state index in [4.69, 9.17) is 42.8 Å². The molecule has 1 aromatic rings. The van der Waals surface area contributed by atoms with Crippen LogP contribution in [0.3, 0.4) is 0 Å². The van der Waals surface area contributed by atoms with Crippen LogP contribution in [0.25, 0.3) is 11.0 Å². The van der Waals surface area contributed by atoms with E-state index in [1.54, 1.807) is 32.1 Å². The molecule has 0 radical (unpaired) electrons. The maximum atomic E-state index is 12.7. The zero-order chi connectivity index (χ0) is 49.4. The number of thioether (sulfide) groups is 2. The largest absolute Gasteiger partial charge is 0.480 e. The van der Waals surface area contributed by atoms with Crippen LogP contribution in [0.5, 0.6) is 0 Å². The molecule has 3 aliphatic rings. The summed E-state index contributed by atoms with van der Waals surface area (Å²) < 4.78 is 7.01. The van der Waals surface area contributed by atoms with Gasteiger partial charge in [-0.3, -0.25) is 43.1 Å². The van der Waals surface area contributed by atoms with E-state index in [0.717, 1.165) is 71.0 Å². The van der Waals surface area contributed by atoms with Gasteiger partial charge in [0.05, 0.1) is 9.44 Å². The number of hydrogen-bond donors (Lipinski definition) is 3. The number of ether oxygens (including phenoxy) is 1. The predicted molar refractivity (Wildman–Crippen MR) is 253 cm³/mol. The number of aromatic nitrogens is 1. The summed E-state index contributed by atoms with van der Waals surface area (Å²) >= 11 is 7.93. The Kier molecular flexibility index (Phi) is 25.3. The maximum Gasteiger partial charge on any atom is 0.346 e. The van der Waals surface area contributed by atoms with Gasteiger partial charge < -0.3 is 20.1 Å². The van der Waals surface area contributed by atoms with E-state index in [1.807, 2.05) is 25.2 Å². The van der Waals surface area contributed by atoms with Gasteiger partial charge in [0, 0.05) is 6.54 Å². The maximum absolute atomic E-state index is 12.7. The summed E-state index contributed by atoms with van der Waals surface area (Å²) in [5, 5.41) is 42.1. The molecule has 1 aromatic heterocycles. The van der Waals surface area contributed by atoms with Crippen LogP contribution in [0.15, 0.2) is 62.4 Å². The molecule has 2 fully saturated rings. The first-order chi connectivity index (χ1) is 30.7. The van der Waals surface area contributed by atoms with Crippen molar-refractivity contribution in [3.63, 3.8) is 0 Å². The Morgan fingerprint density at radius 1 is 0.892 bits per heavy atom. The van der Waals surface area contributed by atoms with Crippen LogP contribution in [0.2, 0.25) is 0 Å². The Morgan fingerprint density at radius 2 is 1.54 bits per heavy atom. The van der Waals surface area contributed by atoms with Gasteiger partial charge >= 0.3 is 17.9 Å². The average Bonchev–Trinajstić information content (AvgIpc) is 3.82. The van der Waals surface area contributed by atoms with Crippen molar-refractivity contribution in [1.82, 2.24) is 14.4 Å². The molecule has 1 aliphatic carbocycles. The van der Waals surface area contributed by atoms with E-state index in [0.29, 0.717) is 37.0 Å². The lowest BCUT2D eigenvalue weighted by Gasteiger charge is -2.30. The number of imide groups is 1. The number of carbonyl (C=O) groups is 7. The monoisotopic (exact) mass is 971 g/mol. The number of aliphatic carboxylic acids is 3. The Balaban J connectivity index is 0.000000476. The highest BCUT2D eigenvalue weighted by molar-refractivity contribution is 8.26. The number of thiocarbonyl (C=S) groups is 1. The van der Waals surface area contributed by atoms with Gasteiger partial charge in [-0.25, -0.2) is 9.59 Å². The summed E-state index contributed by atoms with van der Waals surface area (Å²) in [5.41, 5.74) is 1.00. The van der Waals surface area contributed by atoms with Gasteiger partial charge in [-0.15, -0.1) is 11.3 Å². The lowest BCUT2D eigenvalue weighted by Crippen LogP contribution is -2.34. The number of thiazole rings is 1. The zero-order valence-electron chi connectivity index (χ0n) is 37.2. The highest BCUT2D eigenvalue weighted by Crippen LogP contribution is 2.39. The molecule has 3 amide bonds. The average molecular weight is 972 g/mol. The number of hydrogen-bond acceptors (Lipinski definition) is 15. The lowest BCUT2D eigenvalue weighted by molar-refractivity contribution is -0.140. The second-order valence-corrected chi connectivity index (χ2v) is 18.3. The third-order valence-electron chi connectivity index (χ3n) is 9.03. The van der Waals surface area contributed by atoms with Gasteiger partial charge in [0.2, 0.25) is 0 Å². The summed E-state index contributed by atoms with van der Waals surface area (Å²) in [6.45, 7) is 13.2. The first kappa shape index (κ1) is 57.1. The summed E-state index contributed by atoms with van der Waals surface area (Å²) in [5.74, 6) is -4.08. The van der Waals surface area contributed by atoms with Crippen LogP contribution in [0.4, 0.5) is 4.79 Å². The molecule has 3 N–H and O–H groups in total. The molecular formula is C44H53N5O12S4. The normalized spacial score (nSPS) is 18.1. The second kappa shape index (κ2) is 28.8. The number of allylic oxidation sites excluding steroid dienone is 7. The minimum atomic E-state index is -1.17. The molecule has 2 saturated heterocycles. The van der Waals surface area contributed by atoms with Crippen molar-refractivity contribution < 1.29 is 53.6 Å². The van der Waals surface area contributed by atoms with Gasteiger partial charge in [-0.05, 0) is 75.3 Å². The van der Waals surface area contributed by atoms with Crippen LogP contribution in [0, 0.1) is 28.1 Å². The van der Waals surface area contributed by atoms with E-state index >= 15 is 0 Å². The standard InChI is InChI=1S/C18H24N2O5S2.C14H17NO2.C7H7NO3S2.C5H5NO2/c1-3-5-6-7-8-9-10-19-16(23)14(27-18(19)24)17-20(11-25-12-21)15(22)13(4-2)26-17;1-4-5-10-6-11(8-14(2,3)7-10)12(9-15)13(16)17;1-2-4-6(11)8(3-5(9)10)7(12)13-4;1-2-4(3-6)5(7)8/h4,12H,3,5-11H2,1-2H3;4-6H,7-8H2,1-3H3,(H,16,17);2H,3H2,1H3,(H,9,10);2H,1H3,(H,7,8)/b13-4+,17-14+;5-4+,12-11-;4-2+;4-2-. The second-order valence-electron chi connectivity index (χ2n) is 14.6. The van der Waals surface area contributed by atoms with Gasteiger partial charge in [0.25, 0.3) is 29.1 Å². The fourth-order valence-corrected chi connectivity index (χ4v) is 9.30. The fourth-order valence-electron chi connectivity index (χ4n) is 6.07. The van der Waals surface area contributed by atoms with Crippen molar-refractivity contribution in [2.24, 2.45) is 5.41 Å². The van der Waals surface area contributed by atoms with Crippen LogP contribution in [-0.2, 0) is 40.2 Å². The Bertz CT molecular complexity index is 2430. The number of carboxylic acids is 3. The minimum Gasteiger partial charge on any atom is -0.480 e. The van der Waals surface area contributed by atoms with Gasteiger partial charge in [0.15, 0.2) is 6.73 Å². The van der Waals surface area contributed by atoms with Crippen molar-refractivity contribution in [3.05, 3.63) is 77.1 Å². The highest BCUT2D eigenvalue weighted by Gasteiger charge is 2.37. The van der Waals surface area contributed by atoms with E-state index in [-0.39, 0.29) is 63.8 Å². The molecule has 4 rings (SSSR count). The number of carboxylic acid groups (broad SMARTS) is 3. The minimum absolute atomic E-state index is 0.00350. The van der Waals surface area contributed by atoms with Crippen molar-refractivity contribution in [3.8, 4) is 12.1 Å². The van der Waals surface area contributed by atoms with Crippen molar-refractivity contribution in [1.29, 1.82) is 10.5 Å². The Hall–Kier alpha value is -5.87. The van der Waals surface area contributed by atoms with E-state index in [9.17, 15) is 38.4 Å². The van der Waals surface area contributed by atoms with E-state index < -0.39 is 17.9 Å². The smallest absolute Gasteiger partial charge is 0.346 e. The number of unbranched alkanes of at least 4 members (excludes halogenated alkanes) is 5. The molecule has 21 heteroatoms. The third-order valence-corrected chi connectivity index (χ3v) is 12.9. The van der Waals surface area contributed by atoms with Crippen LogP contribution in [-0.4, -0.2) is 88.5 Å². The van der Waals surface area contributed by atoms with E-state index in [2.05, 4.69) is 20.8 Å². The summed E-state index contributed by atoms with van der Waals surface area (Å²) in [7, 11) is 0. The molecule has 350 valence electrons. The Morgan fingerprint density at radius 3 is 2.02 bits per heavy atom. The van der Waals surface area contributed by atoms with Crippen LogP contribution >= 0.6 is 47.1 Å². The topological polar surface area (TPSA) is 265 Å². The first-order valence-corrected chi connectivity index (χ1v) is 23.0. The van der Waals surface area contributed by atoms with Gasteiger partial charge in [-0.2, -0.15) is 10.5 Å². The van der Waals surface area contributed by atoms with Gasteiger partial charge in [0.1, 0.15) is 43.7 Å². The Labute approximate surface area is 394 Å². The zero-order valence-corrected chi connectivity index (χ0v) is 40.5. The molecule has 3 heterocycles. The molecule has 17 nitrogen and oxygen atoms in total. The third kappa shape index (κ3) is 17.9. The molecule has 0 atom stereocenters. The molecule has 65 heavy (non-hydrogen) atoms. The lowest BCUT2D eigenvalue weighted by atomic mass is 9.74. The SMILES string of the molecule is C/C=C(/C#N)C(=O)O.C/C=C/C1=CC(=C(\C#N)C(=O)O)/CC(C)(C)C1.C/C=C1/SC(=S)N(CC(=O)O)C1=O.C/C=c1/s/c(=C2/SC(=O)N(CCCCCCCC)C2=O)n(COC=O)c1=O. The van der Waals surface area contributed by atoms with Crippen LogP contribution < -0.4 is 14.8 Å². The number of nitrogens with zero attached hydrogens (tertiary/aromatic N) is 5. The number of carbonyl (C=O) groups excluding carboxylic acids is 4. The molecular weight excluding hydrogens is 919 g/mol. The van der Waals surface area contributed by atoms with Crippen molar-refractivity contribution in [2.45, 2.75) is 107 Å². The summed E-state index contributed by atoms with van der Waals surface area (Å²) in [4.78, 5) is 93.5. The molecule has 2 aliphatic heterocycles. The van der Waals surface area contributed by atoms with Gasteiger partial charge in [-0.1, -0.05) is 113 Å². The number of amides is 3. The van der Waals surface area contributed by atoms with Crippen molar-refractivity contribution in [2.75, 3.05) is 13.1 Å².